The number of carbonyl (C=O) groups excluding carboxylic acids is 1. The number of hydrogen-bond donors (Lipinski definition) is 2. The molecule has 2 N–H and O–H groups in total. The van der Waals surface area contributed by atoms with Gasteiger partial charge in [-0.3, -0.25) is 0 Å². The molecule has 0 heterocycles. The number of aryl methyl sites for hydroxylation is 1. The lowest BCUT2D eigenvalue weighted by Gasteiger charge is -2.08. The lowest BCUT2D eigenvalue weighted by molar-refractivity contribution is 0.241. The van der Waals surface area contributed by atoms with Gasteiger partial charge in [0, 0.05) is 13.1 Å². The summed E-state index contributed by atoms with van der Waals surface area (Å²) in [6.45, 7) is 3.18. The van der Waals surface area contributed by atoms with E-state index in [-0.39, 0.29) is 11.8 Å². The molecule has 0 unspecified atom stereocenters. The van der Waals surface area contributed by atoms with E-state index in [1.54, 1.807) is 12.1 Å². The quantitative estimate of drug-likeness (QED) is 0.845. The fourth-order valence-corrected chi connectivity index (χ4v) is 2.11. The number of amides is 2. The summed E-state index contributed by atoms with van der Waals surface area (Å²) in [5, 5.41) is 5.63. The summed E-state index contributed by atoms with van der Waals surface area (Å²) in [5.74, 6) is -0.245. The highest BCUT2D eigenvalue weighted by Gasteiger charge is 2.00. The summed E-state index contributed by atoms with van der Waals surface area (Å²) in [6.07, 6.45) is 1.50. The van der Waals surface area contributed by atoms with Crippen LogP contribution in [0, 0.1) is 12.7 Å². The highest BCUT2D eigenvalue weighted by molar-refractivity contribution is 5.73. The third-order valence-electron chi connectivity index (χ3n) is 3.43. The van der Waals surface area contributed by atoms with E-state index >= 15 is 0 Å². The number of carbonyl (C=O) groups is 1. The Hall–Kier alpha value is -2.36. The molecule has 2 amide bonds. The molecule has 0 aliphatic rings. The standard InChI is InChI=1S/C18H21FN2O/c1-14-2-4-15(5-3-14)10-12-20-18(22)21-13-11-16-6-8-17(19)9-7-16/h2-9H,10-13H2,1H3,(H2,20,21,22). The first-order valence-electron chi connectivity index (χ1n) is 7.45. The molecule has 22 heavy (non-hydrogen) atoms. The molecule has 0 aliphatic carbocycles. The molecule has 0 bridgehead atoms. The SMILES string of the molecule is Cc1ccc(CCNC(=O)NCCc2ccc(F)cc2)cc1. The molecular formula is C18H21FN2O. The maximum Gasteiger partial charge on any atom is 0.314 e. The molecule has 116 valence electrons. The second-order valence-electron chi connectivity index (χ2n) is 5.29. The summed E-state index contributed by atoms with van der Waals surface area (Å²) < 4.78 is 12.8. The Kier molecular flexibility index (Phi) is 5.95. The monoisotopic (exact) mass is 300 g/mol. The molecule has 0 aliphatic heterocycles. The number of benzene rings is 2. The van der Waals surface area contributed by atoms with Gasteiger partial charge in [-0.2, -0.15) is 0 Å². The van der Waals surface area contributed by atoms with Crippen LogP contribution in [0.5, 0.6) is 0 Å². The molecule has 0 fully saturated rings. The first kappa shape index (κ1) is 16.0. The van der Waals surface area contributed by atoms with Crippen molar-refractivity contribution in [2.24, 2.45) is 0 Å². The van der Waals surface area contributed by atoms with Crippen molar-refractivity contribution in [1.82, 2.24) is 10.6 Å². The maximum atomic E-state index is 12.8. The molecule has 0 saturated carbocycles. The van der Waals surface area contributed by atoms with E-state index in [9.17, 15) is 9.18 Å². The largest absolute Gasteiger partial charge is 0.338 e. The molecule has 2 aromatic rings. The molecule has 3 nitrogen and oxygen atoms in total. The van der Waals surface area contributed by atoms with Gasteiger partial charge in [-0.15, -0.1) is 0 Å². The van der Waals surface area contributed by atoms with Crippen LogP contribution in [-0.2, 0) is 12.8 Å². The first-order valence-corrected chi connectivity index (χ1v) is 7.45. The third kappa shape index (κ3) is 5.56. The average Bonchev–Trinajstić information content (AvgIpc) is 2.51. The predicted octanol–water partition coefficient (Wildman–Crippen LogP) is 3.22. The maximum absolute atomic E-state index is 12.8. The van der Waals surface area contributed by atoms with E-state index in [2.05, 4.69) is 41.8 Å². The zero-order valence-electron chi connectivity index (χ0n) is 12.7. The molecule has 0 saturated heterocycles. The van der Waals surface area contributed by atoms with Gasteiger partial charge in [-0.05, 0) is 43.0 Å². The minimum absolute atomic E-state index is 0.172. The Morgan fingerprint density at radius 3 is 1.82 bits per heavy atom. The fourth-order valence-electron chi connectivity index (χ4n) is 2.11. The van der Waals surface area contributed by atoms with E-state index in [0.29, 0.717) is 19.5 Å². The lowest BCUT2D eigenvalue weighted by atomic mass is 10.1. The highest BCUT2D eigenvalue weighted by atomic mass is 19.1. The average molecular weight is 300 g/mol. The van der Waals surface area contributed by atoms with Crippen LogP contribution in [0.25, 0.3) is 0 Å². The van der Waals surface area contributed by atoms with Gasteiger partial charge >= 0.3 is 6.03 Å². The van der Waals surface area contributed by atoms with E-state index in [1.807, 2.05) is 0 Å². The molecule has 0 radical (unpaired) electrons. The van der Waals surface area contributed by atoms with E-state index in [1.165, 1.54) is 23.3 Å². The Morgan fingerprint density at radius 1 is 0.864 bits per heavy atom. The van der Waals surface area contributed by atoms with Gasteiger partial charge < -0.3 is 10.6 Å². The van der Waals surface area contributed by atoms with Crippen molar-refractivity contribution in [2.45, 2.75) is 19.8 Å². The number of nitrogens with one attached hydrogen (secondary N) is 2. The van der Waals surface area contributed by atoms with Crippen LogP contribution in [0.3, 0.4) is 0 Å². The van der Waals surface area contributed by atoms with Crippen LogP contribution in [0.15, 0.2) is 48.5 Å². The van der Waals surface area contributed by atoms with Gasteiger partial charge in [0.1, 0.15) is 5.82 Å². The molecule has 0 spiro atoms. The van der Waals surface area contributed by atoms with Gasteiger partial charge in [0.25, 0.3) is 0 Å². The topological polar surface area (TPSA) is 41.1 Å². The van der Waals surface area contributed by atoms with Gasteiger partial charge in [0.15, 0.2) is 0 Å². The van der Waals surface area contributed by atoms with Crippen molar-refractivity contribution in [3.8, 4) is 0 Å². The molecule has 2 rings (SSSR count). The summed E-state index contributed by atoms with van der Waals surface area (Å²) in [5.41, 5.74) is 3.44. The molecule has 0 atom stereocenters. The van der Waals surface area contributed by atoms with Crippen LogP contribution < -0.4 is 10.6 Å². The molecule has 0 aromatic heterocycles. The van der Waals surface area contributed by atoms with E-state index in [4.69, 9.17) is 0 Å². The van der Waals surface area contributed by atoms with Crippen LogP contribution >= 0.6 is 0 Å². The predicted molar refractivity (Wildman–Crippen MR) is 86.4 cm³/mol. The van der Waals surface area contributed by atoms with Crippen LogP contribution in [0.2, 0.25) is 0 Å². The summed E-state index contributed by atoms with van der Waals surface area (Å²) in [4.78, 5) is 11.6. The van der Waals surface area contributed by atoms with Crippen LogP contribution in [0.4, 0.5) is 9.18 Å². The normalized spacial score (nSPS) is 10.3. The van der Waals surface area contributed by atoms with Crippen LogP contribution in [0.1, 0.15) is 16.7 Å². The number of halogens is 1. The van der Waals surface area contributed by atoms with Crippen molar-refractivity contribution in [1.29, 1.82) is 0 Å². The van der Waals surface area contributed by atoms with E-state index in [0.717, 1.165) is 12.0 Å². The Balaban J connectivity index is 1.61. The number of urea groups is 1. The zero-order chi connectivity index (χ0) is 15.8. The van der Waals surface area contributed by atoms with E-state index < -0.39 is 0 Å². The summed E-state index contributed by atoms with van der Waals surface area (Å²) in [7, 11) is 0. The minimum atomic E-state index is -0.245. The van der Waals surface area contributed by atoms with Crippen molar-refractivity contribution in [3.63, 3.8) is 0 Å². The van der Waals surface area contributed by atoms with Gasteiger partial charge in [-0.25, -0.2) is 9.18 Å². The van der Waals surface area contributed by atoms with Crippen molar-refractivity contribution in [2.75, 3.05) is 13.1 Å². The number of rotatable bonds is 6. The molecule has 2 aromatic carbocycles. The Morgan fingerprint density at radius 2 is 1.32 bits per heavy atom. The van der Waals surface area contributed by atoms with Crippen molar-refractivity contribution in [3.05, 3.63) is 71.0 Å². The summed E-state index contributed by atoms with van der Waals surface area (Å²) in [6, 6.07) is 14.4. The molecule has 4 heteroatoms. The van der Waals surface area contributed by atoms with Crippen molar-refractivity contribution >= 4 is 6.03 Å². The lowest BCUT2D eigenvalue weighted by Crippen LogP contribution is -2.37. The smallest absolute Gasteiger partial charge is 0.314 e. The second-order valence-corrected chi connectivity index (χ2v) is 5.29. The minimum Gasteiger partial charge on any atom is -0.338 e. The van der Waals surface area contributed by atoms with Gasteiger partial charge in [0.2, 0.25) is 0 Å². The van der Waals surface area contributed by atoms with Gasteiger partial charge in [0.05, 0.1) is 0 Å². The van der Waals surface area contributed by atoms with Gasteiger partial charge in [-0.1, -0.05) is 42.0 Å². The highest BCUT2D eigenvalue weighted by Crippen LogP contribution is 2.03. The number of hydrogen-bond acceptors (Lipinski definition) is 1. The first-order chi connectivity index (χ1) is 10.6. The summed E-state index contributed by atoms with van der Waals surface area (Å²) >= 11 is 0. The molecular weight excluding hydrogens is 279 g/mol. The third-order valence-corrected chi connectivity index (χ3v) is 3.43. The van der Waals surface area contributed by atoms with Crippen molar-refractivity contribution < 1.29 is 9.18 Å². The Bertz CT molecular complexity index is 540. The zero-order valence-corrected chi connectivity index (χ0v) is 12.7. The fraction of sp³-hybridized carbons (Fsp3) is 0.278. The Labute approximate surface area is 130 Å². The van der Waals surface area contributed by atoms with Crippen LogP contribution in [-0.4, -0.2) is 19.1 Å². The second kappa shape index (κ2) is 8.17.